The van der Waals surface area contributed by atoms with Gasteiger partial charge in [-0.3, -0.25) is 9.59 Å². The highest BCUT2D eigenvalue weighted by atomic mass is 16.5. The molecule has 6 nitrogen and oxygen atoms in total. The van der Waals surface area contributed by atoms with Gasteiger partial charge in [0.15, 0.2) is 0 Å². The van der Waals surface area contributed by atoms with Gasteiger partial charge >= 0.3 is 5.97 Å². The van der Waals surface area contributed by atoms with Gasteiger partial charge in [-0.05, 0) is 64.2 Å². The quantitative estimate of drug-likeness (QED) is 0.0322. The number of rotatable bonds is 47. The second-order valence-electron chi connectivity index (χ2n) is 17.9. The minimum absolute atomic E-state index is 0.0573. The predicted molar refractivity (Wildman–Crippen MR) is 264 cm³/mol. The molecule has 0 saturated heterocycles. The Labute approximate surface area is 378 Å². The van der Waals surface area contributed by atoms with Crippen LogP contribution in [0.3, 0.4) is 0 Å². The third-order valence-electron chi connectivity index (χ3n) is 11.9. The Morgan fingerprint density at radius 1 is 0.475 bits per heavy atom. The van der Waals surface area contributed by atoms with Crippen molar-refractivity contribution in [2.45, 2.75) is 283 Å². The molecular weight excluding hydrogens is 755 g/mol. The summed E-state index contributed by atoms with van der Waals surface area (Å²) in [5, 5.41) is 23.7. The van der Waals surface area contributed by atoms with Crippen LogP contribution in [0.1, 0.15) is 265 Å². The summed E-state index contributed by atoms with van der Waals surface area (Å²) in [6.45, 7) is 6.43. The van der Waals surface area contributed by atoms with Gasteiger partial charge in [0.25, 0.3) is 0 Å². The zero-order valence-electron chi connectivity index (χ0n) is 40.5. The normalized spacial score (nSPS) is 13.6. The fourth-order valence-corrected chi connectivity index (χ4v) is 7.89. The zero-order chi connectivity index (χ0) is 44.5. The third kappa shape index (κ3) is 44.2. The Morgan fingerprint density at radius 2 is 0.836 bits per heavy atom. The van der Waals surface area contributed by atoms with Crippen LogP contribution in [0.15, 0.2) is 48.6 Å². The first kappa shape index (κ1) is 58.8. The van der Waals surface area contributed by atoms with Crippen molar-refractivity contribution in [1.82, 2.24) is 5.32 Å². The minimum atomic E-state index is -0.795. The summed E-state index contributed by atoms with van der Waals surface area (Å²) in [4.78, 5) is 26.0. The average molecular weight is 856 g/mol. The number of nitrogens with one attached hydrogen (secondary N) is 1. The smallest absolute Gasteiger partial charge is 0.306 e. The highest BCUT2D eigenvalue weighted by Gasteiger charge is 2.24. The molecule has 0 aromatic carbocycles. The highest BCUT2D eigenvalue weighted by Crippen LogP contribution is 2.18. The van der Waals surface area contributed by atoms with Crippen LogP contribution in [0.25, 0.3) is 0 Å². The molecule has 0 fully saturated rings. The van der Waals surface area contributed by atoms with Crippen LogP contribution in [0.2, 0.25) is 0 Å². The van der Waals surface area contributed by atoms with E-state index in [2.05, 4.69) is 74.7 Å². The SMILES string of the molecule is CCCCC/C=C\C/C=C\C/C=C\C/C=C\CCCC(=O)OC(CCCCCCCCCC)CC(=O)NC(CO)C(O)CCCCCCCCCCCCCCCCCCC. The summed E-state index contributed by atoms with van der Waals surface area (Å²) < 4.78 is 5.88. The van der Waals surface area contributed by atoms with Crippen molar-refractivity contribution in [2.24, 2.45) is 0 Å². The first-order valence-electron chi connectivity index (χ1n) is 26.4. The van der Waals surface area contributed by atoms with E-state index in [1.54, 1.807) is 0 Å². The van der Waals surface area contributed by atoms with Crippen LogP contribution >= 0.6 is 0 Å². The Morgan fingerprint density at radius 3 is 1.26 bits per heavy atom. The Balaban J connectivity index is 4.45. The fraction of sp³-hybridized carbons (Fsp3) is 0.818. The van der Waals surface area contributed by atoms with Crippen LogP contribution in [-0.4, -0.2) is 46.9 Å². The Kier molecular flexibility index (Phi) is 47.1. The van der Waals surface area contributed by atoms with Gasteiger partial charge < -0.3 is 20.3 Å². The van der Waals surface area contributed by atoms with Gasteiger partial charge in [0.05, 0.1) is 25.2 Å². The minimum Gasteiger partial charge on any atom is -0.462 e. The lowest BCUT2D eigenvalue weighted by atomic mass is 10.0. The third-order valence-corrected chi connectivity index (χ3v) is 11.9. The molecule has 0 bridgehead atoms. The van der Waals surface area contributed by atoms with Crippen molar-refractivity contribution in [3.8, 4) is 0 Å². The molecular formula is C55H101NO5. The monoisotopic (exact) mass is 856 g/mol. The molecule has 1 amide bonds. The molecule has 0 heterocycles. The summed E-state index contributed by atoms with van der Waals surface area (Å²) in [6.07, 6.45) is 59.0. The molecule has 0 aliphatic heterocycles. The van der Waals surface area contributed by atoms with Crippen molar-refractivity contribution in [2.75, 3.05) is 6.61 Å². The molecule has 0 aromatic heterocycles. The van der Waals surface area contributed by atoms with E-state index in [1.807, 2.05) is 0 Å². The number of amides is 1. The molecule has 3 N–H and O–H groups in total. The number of carbonyl (C=O) groups is 2. The molecule has 6 heteroatoms. The standard InChI is InChI=1S/C55H101NO5/c1-4-7-10-13-16-19-21-23-25-27-29-31-33-35-38-41-44-47-53(58)52(50-57)56-54(59)49-51(46-43-40-37-18-15-12-9-6-3)61-55(60)48-45-42-39-36-34-32-30-28-26-24-22-20-17-14-11-8-5-2/h17,20,24,26,30,32,36,39,51-53,57-58H,4-16,18-19,21-23,25,27-29,31,33-35,37-38,40-50H2,1-3H3,(H,56,59)/b20-17-,26-24-,32-30-,39-36-. The van der Waals surface area contributed by atoms with Crippen molar-refractivity contribution < 1.29 is 24.5 Å². The van der Waals surface area contributed by atoms with Crippen LogP contribution in [0.4, 0.5) is 0 Å². The molecule has 61 heavy (non-hydrogen) atoms. The van der Waals surface area contributed by atoms with Gasteiger partial charge in [-0.25, -0.2) is 0 Å². The number of carbonyl (C=O) groups excluding carboxylic acids is 2. The van der Waals surface area contributed by atoms with E-state index in [4.69, 9.17) is 4.74 Å². The van der Waals surface area contributed by atoms with E-state index in [0.29, 0.717) is 25.7 Å². The highest BCUT2D eigenvalue weighted by molar-refractivity contribution is 5.77. The fourth-order valence-electron chi connectivity index (χ4n) is 7.89. The summed E-state index contributed by atoms with van der Waals surface area (Å²) >= 11 is 0. The maximum atomic E-state index is 13.2. The van der Waals surface area contributed by atoms with Gasteiger partial charge in [-0.15, -0.1) is 0 Å². The van der Waals surface area contributed by atoms with Crippen molar-refractivity contribution in [3.63, 3.8) is 0 Å². The van der Waals surface area contributed by atoms with Crippen LogP contribution in [0.5, 0.6) is 0 Å². The first-order valence-corrected chi connectivity index (χ1v) is 26.4. The van der Waals surface area contributed by atoms with Gasteiger partial charge in [0, 0.05) is 6.42 Å². The Bertz CT molecular complexity index is 1050. The maximum Gasteiger partial charge on any atom is 0.306 e. The van der Waals surface area contributed by atoms with E-state index in [9.17, 15) is 19.8 Å². The number of ether oxygens (including phenoxy) is 1. The summed E-state index contributed by atoms with van der Waals surface area (Å²) in [6, 6.07) is -0.710. The van der Waals surface area contributed by atoms with Crippen LogP contribution < -0.4 is 5.32 Å². The summed E-state index contributed by atoms with van der Waals surface area (Å²) in [5.41, 5.74) is 0. The van der Waals surface area contributed by atoms with Crippen LogP contribution in [0, 0.1) is 0 Å². The number of allylic oxidation sites excluding steroid dienone is 8. The second-order valence-corrected chi connectivity index (χ2v) is 17.9. The van der Waals surface area contributed by atoms with Gasteiger partial charge in [0.2, 0.25) is 5.91 Å². The number of hydrogen-bond donors (Lipinski definition) is 3. The summed E-state index contributed by atoms with van der Waals surface area (Å²) in [5.74, 6) is -0.537. The average Bonchev–Trinajstić information content (AvgIpc) is 3.25. The molecule has 0 aliphatic carbocycles. The molecule has 3 atom stereocenters. The van der Waals surface area contributed by atoms with Crippen molar-refractivity contribution in [3.05, 3.63) is 48.6 Å². The van der Waals surface area contributed by atoms with Crippen LogP contribution in [-0.2, 0) is 14.3 Å². The van der Waals surface area contributed by atoms with Crippen molar-refractivity contribution in [1.29, 1.82) is 0 Å². The lowest BCUT2D eigenvalue weighted by molar-refractivity contribution is -0.151. The molecule has 0 aromatic rings. The Hall–Kier alpha value is -2.18. The molecule has 0 rings (SSSR count). The topological polar surface area (TPSA) is 95.9 Å². The number of hydrogen-bond acceptors (Lipinski definition) is 5. The lowest BCUT2D eigenvalue weighted by Crippen LogP contribution is -2.46. The zero-order valence-corrected chi connectivity index (χ0v) is 40.5. The number of aliphatic hydroxyl groups excluding tert-OH is 2. The molecule has 0 aliphatic rings. The number of esters is 1. The van der Waals surface area contributed by atoms with E-state index >= 15 is 0 Å². The molecule has 0 spiro atoms. The number of aliphatic hydroxyl groups is 2. The summed E-state index contributed by atoms with van der Waals surface area (Å²) in [7, 11) is 0. The van der Waals surface area contributed by atoms with Gasteiger partial charge in [-0.1, -0.05) is 236 Å². The predicted octanol–water partition coefficient (Wildman–Crippen LogP) is 15.8. The first-order chi connectivity index (χ1) is 30.0. The van der Waals surface area contributed by atoms with Gasteiger partial charge in [0.1, 0.15) is 6.10 Å². The molecule has 0 radical (unpaired) electrons. The molecule has 0 saturated carbocycles. The van der Waals surface area contributed by atoms with E-state index in [-0.39, 0.29) is 24.9 Å². The van der Waals surface area contributed by atoms with E-state index in [1.165, 1.54) is 148 Å². The van der Waals surface area contributed by atoms with E-state index < -0.39 is 18.2 Å². The maximum absolute atomic E-state index is 13.2. The van der Waals surface area contributed by atoms with Gasteiger partial charge in [-0.2, -0.15) is 0 Å². The molecule has 3 unspecified atom stereocenters. The molecule has 356 valence electrons. The van der Waals surface area contributed by atoms with E-state index in [0.717, 1.165) is 64.2 Å². The number of unbranched alkanes of at least 4 members (excludes halogenated alkanes) is 27. The van der Waals surface area contributed by atoms with Crippen molar-refractivity contribution >= 4 is 11.9 Å². The second kappa shape index (κ2) is 48.8. The lowest BCUT2D eigenvalue weighted by Gasteiger charge is -2.24. The largest absolute Gasteiger partial charge is 0.462 e.